The zero-order chi connectivity index (χ0) is 11.9. The quantitative estimate of drug-likeness (QED) is 0.766. The summed E-state index contributed by atoms with van der Waals surface area (Å²) >= 11 is 0. The number of hydrogen-bond acceptors (Lipinski definition) is 2. The van der Waals surface area contributed by atoms with E-state index in [4.69, 9.17) is 4.74 Å². The molecule has 1 saturated carbocycles. The first kappa shape index (κ1) is 11.5. The van der Waals surface area contributed by atoms with E-state index >= 15 is 0 Å². The number of piperidine rings is 1. The van der Waals surface area contributed by atoms with Crippen LogP contribution in [0.4, 0.5) is 0 Å². The number of carbonyl (C=O) groups excluding carboxylic acids is 1. The Morgan fingerprint density at radius 1 is 1.47 bits per heavy atom. The predicted octanol–water partition coefficient (Wildman–Crippen LogP) is 2.39. The van der Waals surface area contributed by atoms with Crippen molar-refractivity contribution in [3.8, 4) is 0 Å². The molecule has 0 radical (unpaired) electrons. The molecular formula is C14H23NO2. The van der Waals surface area contributed by atoms with Crippen molar-refractivity contribution in [2.75, 3.05) is 0 Å². The average molecular weight is 237 g/mol. The van der Waals surface area contributed by atoms with Crippen LogP contribution in [-0.4, -0.2) is 23.7 Å². The van der Waals surface area contributed by atoms with Crippen LogP contribution in [0.25, 0.3) is 0 Å². The van der Waals surface area contributed by atoms with Crippen LogP contribution in [0.2, 0.25) is 0 Å². The van der Waals surface area contributed by atoms with E-state index in [1.54, 1.807) is 0 Å². The molecule has 4 atom stereocenters. The van der Waals surface area contributed by atoms with E-state index in [1.807, 2.05) is 0 Å². The summed E-state index contributed by atoms with van der Waals surface area (Å²) in [5.74, 6) is 0.835. The smallest absolute Gasteiger partial charge is 0.220 e. The third-order valence-electron chi connectivity index (χ3n) is 4.89. The Morgan fingerprint density at radius 3 is 3.12 bits per heavy atom. The molecule has 1 aliphatic carbocycles. The maximum atomic E-state index is 11.7. The second kappa shape index (κ2) is 4.27. The van der Waals surface area contributed by atoms with Crippen molar-refractivity contribution in [1.82, 2.24) is 5.32 Å². The lowest BCUT2D eigenvalue weighted by Crippen LogP contribution is -2.59. The van der Waals surface area contributed by atoms with Gasteiger partial charge in [-0.05, 0) is 32.1 Å². The van der Waals surface area contributed by atoms with Crippen LogP contribution in [0.15, 0.2) is 0 Å². The van der Waals surface area contributed by atoms with Crippen molar-refractivity contribution in [2.45, 2.75) is 76.0 Å². The van der Waals surface area contributed by atoms with E-state index in [1.165, 1.54) is 25.7 Å². The summed E-state index contributed by atoms with van der Waals surface area (Å²) in [5, 5.41) is 3.33. The molecule has 0 bridgehead atoms. The van der Waals surface area contributed by atoms with Gasteiger partial charge >= 0.3 is 0 Å². The Kier molecular flexibility index (Phi) is 2.89. The van der Waals surface area contributed by atoms with Gasteiger partial charge < -0.3 is 10.1 Å². The highest BCUT2D eigenvalue weighted by Crippen LogP contribution is 2.50. The number of rotatable bonds is 3. The van der Waals surface area contributed by atoms with E-state index in [0.29, 0.717) is 18.1 Å². The molecular weight excluding hydrogens is 214 g/mol. The molecule has 2 heterocycles. The van der Waals surface area contributed by atoms with Crippen LogP contribution in [-0.2, 0) is 9.53 Å². The molecule has 0 aromatic carbocycles. The molecule has 1 N–H and O–H groups in total. The lowest BCUT2D eigenvalue weighted by Gasteiger charge is -2.46. The summed E-state index contributed by atoms with van der Waals surface area (Å²) in [7, 11) is 0. The Hall–Kier alpha value is -0.570. The van der Waals surface area contributed by atoms with Crippen molar-refractivity contribution >= 4 is 5.91 Å². The molecule has 3 rings (SSSR count). The largest absolute Gasteiger partial charge is 0.369 e. The van der Waals surface area contributed by atoms with E-state index in [2.05, 4.69) is 12.2 Å². The maximum absolute atomic E-state index is 11.7. The first-order chi connectivity index (χ1) is 8.25. The van der Waals surface area contributed by atoms with E-state index in [0.717, 1.165) is 25.7 Å². The summed E-state index contributed by atoms with van der Waals surface area (Å²) in [6.07, 6.45) is 9.91. The number of hydrogen-bond donors (Lipinski definition) is 1. The SMILES string of the molecule is CCCC[C@@H]1[C@H]2O[C@H]2CC[C@]12CCCC(=O)N2. The molecule has 3 fully saturated rings. The minimum atomic E-state index is 0.0855. The van der Waals surface area contributed by atoms with Gasteiger partial charge in [0.25, 0.3) is 0 Å². The van der Waals surface area contributed by atoms with Gasteiger partial charge in [0, 0.05) is 17.9 Å². The van der Waals surface area contributed by atoms with Crippen molar-refractivity contribution in [1.29, 1.82) is 0 Å². The van der Waals surface area contributed by atoms with Crippen LogP contribution in [0.5, 0.6) is 0 Å². The predicted molar refractivity (Wildman–Crippen MR) is 65.6 cm³/mol. The molecule has 0 aromatic heterocycles. The lowest BCUT2D eigenvalue weighted by molar-refractivity contribution is -0.127. The zero-order valence-electron chi connectivity index (χ0n) is 10.7. The number of ether oxygens (including phenoxy) is 1. The molecule has 17 heavy (non-hydrogen) atoms. The molecule has 3 aliphatic rings. The number of nitrogens with one attached hydrogen (secondary N) is 1. The summed E-state index contributed by atoms with van der Waals surface area (Å²) in [5.41, 5.74) is 0.0855. The normalized spacial score (nSPS) is 44.3. The fourth-order valence-electron chi connectivity index (χ4n) is 3.94. The standard InChI is InChI=1S/C14H23NO2/c1-2-3-5-10-13-11(17-13)7-9-14(10)8-4-6-12(16)15-14/h10-11,13H,2-9H2,1H3,(H,15,16)/t10-,11+,13-,14-/m1/s1. The Morgan fingerprint density at radius 2 is 2.35 bits per heavy atom. The van der Waals surface area contributed by atoms with Gasteiger partial charge in [-0.3, -0.25) is 4.79 Å². The Balaban J connectivity index is 1.76. The maximum Gasteiger partial charge on any atom is 0.220 e. The first-order valence-corrected chi connectivity index (χ1v) is 7.22. The summed E-state index contributed by atoms with van der Waals surface area (Å²) in [4.78, 5) is 11.7. The van der Waals surface area contributed by atoms with Crippen LogP contribution in [0.3, 0.4) is 0 Å². The zero-order valence-corrected chi connectivity index (χ0v) is 10.7. The fourth-order valence-corrected chi connectivity index (χ4v) is 3.94. The van der Waals surface area contributed by atoms with Gasteiger partial charge in [-0.15, -0.1) is 0 Å². The van der Waals surface area contributed by atoms with Crippen molar-refractivity contribution in [3.63, 3.8) is 0 Å². The van der Waals surface area contributed by atoms with Gasteiger partial charge in [-0.25, -0.2) is 0 Å². The average Bonchev–Trinajstić information content (AvgIpc) is 3.07. The highest BCUT2D eigenvalue weighted by molar-refractivity contribution is 5.77. The molecule has 1 amide bonds. The van der Waals surface area contributed by atoms with E-state index in [9.17, 15) is 4.79 Å². The number of amides is 1. The molecule has 3 nitrogen and oxygen atoms in total. The molecule has 3 heteroatoms. The minimum absolute atomic E-state index is 0.0855. The van der Waals surface area contributed by atoms with Gasteiger partial charge in [-0.2, -0.15) is 0 Å². The van der Waals surface area contributed by atoms with Crippen molar-refractivity contribution in [2.24, 2.45) is 5.92 Å². The van der Waals surface area contributed by atoms with Gasteiger partial charge in [0.05, 0.1) is 12.2 Å². The summed E-state index contributed by atoms with van der Waals surface area (Å²) in [6, 6.07) is 0. The van der Waals surface area contributed by atoms with Gasteiger partial charge in [0.2, 0.25) is 5.91 Å². The van der Waals surface area contributed by atoms with E-state index < -0.39 is 0 Å². The van der Waals surface area contributed by atoms with Crippen LogP contribution in [0.1, 0.15) is 58.3 Å². The topological polar surface area (TPSA) is 41.6 Å². The second-order valence-electron chi connectivity index (χ2n) is 5.98. The second-order valence-corrected chi connectivity index (χ2v) is 5.98. The molecule has 2 aliphatic heterocycles. The number of fused-ring (bicyclic) bond motifs is 1. The molecule has 96 valence electrons. The molecule has 0 unspecified atom stereocenters. The van der Waals surface area contributed by atoms with Crippen molar-refractivity contribution in [3.05, 3.63) is 0 Å². The highest BCUT2D eigenvalue weighted by Gasteiger charge is 2.58. The minimum Gasteiger partial charge on any atom is -0.369 e. The third kappa shape index (κ3) is 1.99. The first-order valence-electron chi connectivity index (χ1n) is 7.22. The van der Waals surface area contributed by atoms with Crippen LogP contribution in [0, 0.1) is 5.92 Å². The number of carbonyl (C=O) groups is 1. The summed E-state index contributed by atoms with van der Waals surface area (Å²) in [6.45, 7) is 2.24. The molecule has 2 saturated heterocycles. The van der Waals surface area contributed by atoms with Crippen molar-refractivity contribution < 1.29 is 9.53 Å². The van der Waals surface area contributed by atoms with Crippen LogP contribution >= 0.6 is 0 Å². The highest BCUT2D eigenvalue weighted by atomic mass is 16.6. The lowest BCUT2D eigenvalue weighted by atomic mass is 9.67. The number of unbranched alkanes of at least 4 members (excludes halogenated alkanes) is 1. The Labute approximate surface area is 103 Å². The molecule has 0 aromatic rings. The van der Waals surface area contributed by atoms with Gasteiger partial charge in [0.1, 0.15) is 0 Å². The van der Waals surface area contributed by atoms with Gasteiger partial charge in [0.15, 0.2) is 0 Å². The Bertz CT molecular complexity index is 317. The van der Waals surface area contributed by atoms with Crippen LogP contribution < -0.4 is 5.32 Å². The third-order valence-corrected chi connectivity index (χ3v) is 4.89. The monoisotopic (exact) mass is 237 g/mol. The summed E-state index contributed by atoms with van der Waals surface area (Å²) < 4.78 is 5.80. The number of epoxide rings is 1. The fraction of sp³-hybridized carbons (Fsp3) is 0.929. The molecule has 1 spiro atoms. The van der Waals surface area contributed by atoms with Gasteiger partial charge in [-0.1, -0.05) is 19.8 Å². The van der Waals surface area contributed by atoms with E-state index in [-0.39, 0.29) is 11.4 Å².